The lowest BCUT2D eigenvalue weighted by atomic mass is 10.1. The van der Waals surface area contributed by atoms with E-state index in [1.54, 1.807) is 7.11 Å². The fourth-order valence-corrected chi connectivity index (χ4v) is 1.44. The maximum absolute atomic E-state index is 5.01. The lowest BCUT2D eigenvalue weighted by Gasteiger charge is -2.13. The number of methoxy groups -OCH3 is 1. The van der Waals surface area contributed by atoms with Crippen molar-refractivity contribution < 1.29 is 4.74 Å². The van der Waals surface area contributed by atoms with Gasteiger partial charge in [-0.25, -0.2) is 4.98 Å². The van der Waals surface area contributed by atoms with Crippen LogP contribution in [-0.2, 0) is 6.42 Å². The third kappa shape index (κ3) is 3.72. The molecule has 0 saturated heterocycles. The smallest absolute Gasteiger partial charge is 0.212 e. The van der Waals surface area contributed by atoms with Gasteiger partial charge in [-0.1, -0.05) is 12.1 Å². The lowest BCUT2D eigenvalue weighted by Crippen LogP contribution is -2.26. The summed E-state index contributed by atoms with van der Waals surface area (Å²) in [7, 11) is 3.58. The lowest BCUT2D eigenvalue weighted by molar-refractivity contribution is 0.397. The maximum Gasteiger partial charge on any atom is 0.212 e. The Morgan fingerprint density at radius 1 is 1.60 bits per heavy atom. The number of nitrogens with one attached hydrogen (secondary N) is 1. The van der Waals surface area contributed by atoms with E-state index in [1.807, 2.05) is 31.5 Å². The third-order valence-corrected chi connectivity index (χ3v) is 2.35. The van der Waals surface area contributed by atoms with E-state index in [0.29, 0.717) is 11.9 Å². The van der Waals surface area contributed by atoms with Crippen LogP contribution in [0.5, 0.6) is 5.88 Å². The molecule has 0 spiro atoms. The van der Waals surface area contributed by atoms with Crippen molar-refractivity contribution in [1.82, 2.24) is 10.3 Å². The van der Waals surface area contributed by atoms with Crippen molar-refractivity contribution in [3.05, 3.63) is 36.5 Å². The molecule has 0 saturated carbocycles. The number of likely N-dealkylation sites (N-methyl/N-ethyl adjacent to an activating group) is 1. The first-order chi connectivity index (χ1) is 7.30. The van der Waals surface area contributed by atoms with Gasteiger partial charge < -0.3 is 10.1 Å². The molecule has 3 nitrogen and oxygen atoms in total. The van der Waals surface area contributed by atoms with E-state index in [-0.39, 0.29) is 0 Å². The molecule has 1 aromatic rings. The highest BCUT2D eigenvalue weighted by Crippen LogP contribution is 2.09. The topological polar surface area (TPSA) is 34.1 Å². The molecule has 0 aliphatic rings. The molecule has 0 bridgehead atoms. The van der Waals surface area contributed by atoms with Gasteiger partial charge in [0, 0.05) is 18.3 Å². The average molecular weight is 206 g/mol. The zero-order valence-corrected chi connectivity index (χ0v) is 9.36. The molecule has 1 atom stereocenters. The molecule has 82 valence electrons. The SMILES string of the molecule is C=CCC(Cc1ccc(OC)nc1)NC. The molecule has 1 N–H and O–H groups in total. The quantitative estimate of drug-likeness (QED) is 0.721. The van der Waals surface area contributed by atoms with Gasteiger partial charge in [-0.3, -0.25) is 0 Å². The molecule has 0 aliphatic heterocycles. The Morgan fingerprint density at radius 3 is 2.87 bits per heavy atom. The van der Waals surface area contributed by atoms with Gasteiger partial charge in [-0.05, 0) is 25.5 Å². The molecule has 3 heteroatoms. The minimum Gasteiger partial charge on any atom is -0.481 e. The van der Waals surface area contributed by atoms with Crippen molar-refractivity contribution in [1.29, 1.82) is 0 Å². The molecule has 0 aromatic carbocycles. The minimum absolute atomic E-state index is 0.428. The summed E-state index contributed by atoms with van der Waals surface area (Å²) in [6.07, 6.45) is 5.70. The first-order valence-corrected chi connectivity index (χ1v) is 5.07. The van der Waals surface area contributed by atoms with Crippen molar-refractivity contribution in [3.8, 4) is 5.88 Å². The van der Waals surface area contributed by atoms with Crippen molar-refractivity contribution >= 4 is 0 Å². The number of pyridine rings is 1. The monoisotopic (exact) mass is 206 g/mol. The first kappa shape index (κ1) is 11.7. The minimum atomic E-state index is 0.428. The number of aromatic nitrogens is 1. The molecular weight excluding hydrogens is 188 g/mol. The van der Waals surface area contributed by atoms with Crippen LogP contribution in [0.25, 0.3) is 0 Å². The van der Waals surface area contributed by atoms with E-state index >= 15 is 0 Å². The highest BCUT2D eigenvalue weighted by Gasteiger charge is 2.05. The summed E-state index contributed by atoms with van der Waals surface area (Å²) in [4.78, 5) is 4.17. The molecule has 0 radical (unpaired) electrons. The number of nitrogens with zero attached hydrogens (tertiary/aromatic N) is 1. The maximum atomic E-state index is 5.01. The van der Waals surface area contributed by atoms with Gasteiger partial charge in [0.25, 0.3) is 0 Å². The fraction of sp³-hybridized carbons (Fsp3) is 0.417. The Hall–Kier alpha value is -1.35. The summed E-state index contributed by atoms with van der Waals surface area (Å²) in [6.45, 7) is 3.74. The second-order valence-corrected chi connectivity index (χ2v) is 3.42. The van der Waals surface area contributed by atoms with Crippen LogP contribution in [0.4, 0.5) is 0 Å². The number of rotatable bonds is 6. The number of hydrogen-bond donors (Lipinski definition) is 1. The number of ether oxygens (including phenoxy) is 1. The van der Waals surface area contributed by atoms with Crippen LogP contribution in [0.3, 0.4) is 0 Å². The molecule has 1 rings (SSSR count). The summed E-state index contributed by atoms with van der Waals surface area (Å²) in [6, 6.07) is 4.35. The largest absolute Gasteiger partial charge is 0.481 e. The van der Waals surface area contributed by atoms with Crippen LogP contribution in [-0.4, -0.2) is 25.2 Å². The van der Waals surface area contributed by atoms with E-state index in [4.69, 9.17) is 4.74 Å². The van der Waals surface area contributed by atoms with Gasteiger partial charge in [0.1, 0.15) is 0 Å². The van der Waals surface area contributed by atoms with Crippen LogP contribution >= 0.6 is 0 Å². The summed E-state index contributed by atoms with van der Waals surface area (Å²) in [5, 5.41) is 3.25. The Bertz CT molecular complexity index is 295. The molecule has 1 aromatic heterocycles. The van der Waals surface area contributed by atoms with Gasteiger partial charge in [0.2, 0.25) is 5.88 Å². The van der Waals surface area contributed by atoms with E-state index < -0.39 is 0 Å². The molecule has 1 unspecified atom stereocenters. The van der Waals surface area contributed by atoms with Gasteiger partial charge in [0.15, 0.2) is 0 Å². The highest BCUT2D eigenvalue weighted by atomic mass is 16.5. The number of hydrogen-bond acceptors (Lipinski definition) is 3. The first-order valence-electron chi connectivity index (χ1n) is 5.07. The van der Waals surface area contributed by atoms with Crippen LogP contribution in [0, 0.1) is 0 Å². The molecule has 1 heterocycles. The van der Waals surface area contributed by atoms with Crippen molar-refractivity contribution in [2.75, 3.05) is 14.2 Å². The highest BCUT2D eigenvalue weighted by molar-refractivity contribution is 5.18. The van der Waals surface area contributed by atoms with E-state index in [0.717, 1.165) is 12.8 Å². The average Bonchev–Trinajstić information content (AvgIpc) is 2.29. The van der Waals surface area contributed by atoms with E-state index in [2.05, 4.69) is 16.9 Å². The van der Waals surface area contributed by atoms with Gasteiger partial charge in [-0.15, -0.1) is 6.58 Å². The molecule has 15 heavy (non-hydrogen) atoms. The van der Waals surface area contributed by atoms with E-state index in [1.165, 1.54) is 5.56 Å². The Balaban J connectivity index is 2.58. The predicted octanol–water partition coefficient (Wildman–Crippen LogP) is 1.80. The summed E-state index contributed by atoms with van der Waals surface area (Å²) in [5.41, 5.74) is 1.21. The van der Waals surface area contributed by atoms with Crippen LogP contribution in [0.15, 0.2) is 31.0 Å². The standard InChI is InChI=1S/C12H18N2O/c1-4-5-11(13-2)8-10-6-7-12(15-3)14-9-10/h4,6-7,9,11,13H,1,5,8H2,2-3H3. The van der Waals surface area contributed by atoms with Gasteiger partial charge in [-0.2, -0.15) is 0 Å². The fourth-order valence-electron chi connectivity index (χ4n) is 1.44. The Labute approximate surface area is 91.2 Å². The molecule has 0 aliphatic carbocycles. The van der Waals surface area contributed by atoms with Crippen molar-refractivity contribution in [3.63, 3.8) is 0 Å². The molecular formula is C12H18N2O. The molecule has 0 fully saturated rings. The van der Waals surface area contributed by atoms with E-state index in [9.17, 15) is 0 Å². The van der Waals surface area contributed by atoms with Crippen molar-refractivity contribution in [2.24, 2.45) is 0 Å². The second kappa shape index (κ2) is 6.19. The van der Waals surface area contributed by atoms with Gasteiger partial charge in [0.05, 0.1) is 7.11 Å². The Morgan fingerprint density at radius 2 is 2.40 bits per heavy atom. The summed E-state index contributed by atoms with van der Waals surface area (Å²) >= 11 is 0. The summed E-state index contributed by atoms with van der Waals surface area (Å²) in [5.74, 6) is 0.656. The van der Waals surface area contributed by atoms with Crippen LogP contribution in [0.2, 0.25) is 0 Å². The second-order valence-electron chi connectivity index (χ2n) is 3.42. The summed E-state index contributed by atoms with van der Waals surface area (Å²) < 4.78 is 5.01. The predicted molar refractivity (Wildman–Crippen MR) is 62.2 cm³/mol. The van der Waals surface area contributed by atoms with Crippen molar-refractivity contribution in [2.45, 2.75) is 18.9 Å². The van der Waals surface area contributed by atoms with Crippen LogP contribution < -0.4 is 10.1 Å². The zero-order valence-electron chi connectivity index (χ0n) is 9.36. The zero-order chi connectivity index (χ0) is 11.1. The third-order valence-electron chi connectivity index (χ3n) is 2.35. The Kier molecular flexibility index (Phi) is 4.84. The normalized spacial score (nSPS) is 12.1. The van der Waals surface area contributed by atoms with Crippen LogP contribution in [0.1, 0.15) is 12.0 Å². The van der Waals surface area contributed by atoms with Gasteiger partial charge >= 0.3 is 0 Å². The molecule has 0 amide bonds.